The van der Waals surface area contributed by atoms with Gasteiger partial charge in [-0.2, -0.15) is 0 Å². The molecular weight excluding hydrogens is 230 g/mol. The molecule has 0 aromatic heterocycles. The second kappa shape index (κ2) is 3.34. The molecule has 0 aliphatic carbocycles. The molecule has 0 unspecified atom stereocenters. The highest BCUT2D eigenvalue weighted by molar-refractivity contribution is 8.05. The van der Waals surface area contributed by atoms with E-state index in [4.69, 9.17) is 0 Å². The fourth-order valence-electron chi connectivity index (χ4n) is 1.24. The Morgan fingerprint density at radius 1 is 0.846 bits per heavy atom. The third-order valence-electron chi connectivity index (χ3n) is 1.15. The molecular formula is C5H15NO4S2Si. The average molecular weight is 245 g/mol. The van der Waals surface area contributed by atoms with Crippen molar-refractivity contribution in [2.45, 2.75) is 19.6 Å². The van der Waals surface area contributed by atoms with E-state index in [2.05, 4.69) is 0 Å². The molecule has 0 N–H and O–H groups in total. The van der Waals surface area contributed by atoms with Crippen LogP contribution in [-0.2, 0) is 20.0 Å². The molecule has 0 fully saturated rings. The molecule has 0 spiro atoms. The summed E-state index contributed by atoms with van der Waals surface area (Å²) in [6.45, 7) is 4.99. The topological polar surface area (TPSA) is 71.5 Å². The molecule has 5 nitrogen and oxygen atoms in total. The SMILES string of the molecule is C[Si](C)(C)N(S(C)(=O)=O)S(C)(=O)=O. The van der Waals surface area contributed by atoms with Crippen molar-refractivity contribution in [3.8, 4) is 0 Å². The van der Waals surface area contributed by atoms with Gasteiger partial charge in [-0.15, -0.1) is 3.38 Å². The van der Waals surface area contributed by atoms with Crippen molar-refractivity contribution in [3.63, 3.8) is 0 Å². The molecule has 13 heavy (non-hydrogen) atoms. The second-order valence-corrected chi connectivity index (χ2v) is 13.2. The molecule has 0 aromatic rings. The van der Waals surface area contributed by atoms with Gasteiger partial charge in [-0.25, -0.2) is 16.8 Å². The summed E-state index contributed by atoms with van der Waals surface area (Å²) in [5, 5.41) is 0. The van der Waals surface area contributed by atoms with Gasteiger partial charge in [0.15, 0.2) is 8.24 Å². The summed E-state index contributed by atoms with van der Waals surface area (Å²) >= 11 is 0. The Morgan fingerprint density at radius 3 is 1.08 bits per heavy atom. The Balaban J connectivity index is 5.56. The van der Waals surface area contributed by atoms with E-state index in [0.717, 1.165) is 12.5 Å². The maximum absolute atomic E-state index is 11.2. The molecule has 0 heterocycles. The largest absolute Gasteiger partial charge is 0.217 e. The van der Waals surface area contributed by atoms with Gasteiger partial charge in [-0.3, -0.25) is 0 Å². The summed E-state index contributed by atoms with van der Waals surface area (Å²) in [7, 11) is -9.75. The third kappa shape index (κ3) is 3.75. The van der Waals surface area contributed by atoms with E-state index in [1.165, 1.54) is 0 Å². The quantitative estimate of drug-likeness (QED) is 0.658. The van der Waals surface area contributed by atoms with Crippen LogP contribution in [0, 0.1) is 0 Å². The zero-order valence-electron chi connectivity index (χ0n) is 8.40. The van der Waals surface area contributed by atoms with Gasteiger partial charge in [0, 0.05) is 0 Å². The van der Waals surface area contributed by atoms with Crippen molar-refractivity contribution < 1.29 is 16.8 Å². The average Bonchev–Trinajstić information content (AvgIpc) is 1.44. The number of hydrogen-bond acceptors (Lipinski definition) is 4. The first-order chi connectivity index (χ1) is 5.37. The standard InChI is InChI=1S/C5H15NO4S2Si/c1-11(7,8)6(12(2,9)10)13(3,4)5/h1-5H3. The van der Waals surface area contributed by atoms with Crippen molar-refractivity contribution in [1.82, 2.24) is 3.38 Å². The van der Waals surface area contributed by atoms with E-state index in [1.54, 1.807) is 19.6 Å². The van der Waals surface area contributed by atoms with Crippen LogP contribution < -0.4 is 0 Å². The van der Waals surface area contributed by atoms with Crippen LogP contribution in [0.2, 0.25) is 19.6 Å². The van der Waals surface area contributed by atoms with Crippen molar-refractivity contribution >= 4 is 28.3 Å². The molecule has 0 aromatic carbocycles. The van der Waals surface area contributed by atoms with E-state index in [-0.39, 0.29) is 0 Å². The molecule has 0 rings (SSSR count). The molecule has 0 saturated heterocycles. The smallest absolute Gasteiger partial charge is 0.212 e. The van der Waals surface area contributed by atoms with Gasteiger partial charge in [0.1, 0.15) is 0 Å². The second-order valence-electron chi connectivity index (χ2n) is 3.89. The maximum atomic E-state index is 11.2. The lowest BCUT2D eigenvalue weighted by atomic mass is 11.8. The summed E-state index contributed by atoms with van der Waals surface area (Å²) in [4.78, 5) is 0. The fourth-order valence-corrected chi connectivity index (χ4v) is 11.2. The van der Waals surface area contributed by atoms with Crippen molar-refractivity contribution in [2.75, 3.05) is 12.5 Å². The van der Waals surface area contributed by atoms with Crippen molar-refractivity contribution in [2.24, 2.45) is 0 Å². The predicted octanol–water partition coefficient (Wildman–Crippen LogP) is 0.0425. The van der Waals surface area contributed by atoms with Gasteiger partial charge >= 0.3 is 0 Å². The first-order valence-corrected chi connectivity index (χ1v) is 10.7. The highest BCUT2D eigenvalue weighted by Gasteiger charge is 2.38. The summed E-state index contributed by atoms with van der Waals surface area (Å²) in [6.07, 6.45) is 1.82. The highest BCUT2D eigenvalue weighted by Crippen LogP contribution is 2.17. The first kappa shape index (κ1) is 13.1. The molecule has 80 valence electrons. The predicted molar refractivity (Wildman–Crippen MR) is 54.9 cm³/mol. The van der Waals surface area contributed by atoms with Crippen LogP contribution in [0.25, 0.3) is 0 Å². The van der Waals surface area contributed by atoms with Gasteiger partial charge in [0.05, 0.1) is 12.5 Å². The summed E-state index contributed by atoms with van der Waals surface area (Å²) in [5.41, 5.74) is 0. The summed E-state index contributed by atoms with van der Waals surface area (Å²) in [5.74, 6) is 0. The minimum atomic E-state index is -3.67. The van der Waals surface area contributed by atoms with Gasteiger partial charge in [-0.1, -0.05) is 19.6 Å². The minimum absolute atomic E-state index is 0.646. The van der Waals surface area contributed by atoms with Crippen LogP contribution in [0.3, 0.4) is 0 Å². The van der Waals surface area contributed by atoms with Crippen molar-refractivity contribution in [3.05, 3.63) is 0 Å². The molecule has 8 heteroatoms. The Kier molecular flexibility index (Phi) is 3.36. The summed E-state index contributed by atoms with van der Waals surface area (Å²) in [6, 6.07) is 0. The normalized spacial score (nSPS) is 14.9. The molecule has 0 radical (unpaired) electrons. The zero-order valence-corrected chi connectivity index (χ0v) is 11.0. The minimum Gasteiger partial charge on any atom is -0.212 e. The lowest BCUT2D eigenvalue weighted by Gasteiger charge is -2.28. The molecule has 0 aliphatic rings. The van der Waals surface area contributed by atoms with Gasteiger partial charge in [0.25, 0.3) is 0 Å². The monoisotopic (exact) mass is 245 g/mol. The Labute approximate surface area is 80.9 Å². The van der Waals surface area contributed by atoms with Crippen LogP contribution in [0.15, 0.2) is 0 Å². The number of nitrogens with zero attached hydrogens (tertiary/aromatic N) is 1. The van der Waals surface area contributed by atoms with E-state index >= 15 is 0 Å². The van der Waals surface area contributed by atoms with Crippen molar-refractivity contribution in [1.29, 1.82) is 0 Å². The number of hydrogen-bond donors (Lipinski definition) is 0. The van der Waals surface area contributed by atoms with E-state index in [0.29, 0.717) is 3.38 Å². The lowest BCUT2D eigenvalue weighted by Crippen LogP contribution is -2.51. The molecule has 0 saturated carbocycles. The molecule has 0 atom stereocenters. The highest BCUT2D eigenvalue weighted by atomic mass is 32.3. The van der Waals surface area contributed by atoms with Crippen LogP contribution in [-0.4, -0.2) is 41.0 Å². The van der Waals surface area contributed by atoms with E-state index in [9.17, 15) is 16.8 Å². The van der Waals surface area contributed by atoms with E-state index < -0.39 is 28.3 Å². The van der Waals surface area contributed by atoms with Gasteiger partial charge in [0.2, 0.25) is 20.0 Å². The fraction of sp³-hybridized carbons (Fsp3) is 1.00. The molecule has 0 aliphatic heterocycles. The Hall–Kier alpha value is 0.0769. The first-order valence-electron chi connectivity index (χ1n) is 3.57. The molecule has 0 bridgehead atoms. The summed E-state index contributed by atoms with van der Waals surface area (Å²) < 4.78 is 45.5. The Morgan fingerprint density at radius 2 is 1.08 bits per heavy atom. The van der Waals surface area contributed by atoms with Gasteiger partial charge < -0.3 is 0 Å². The van der Waals surface area contributed by atoms with E-state index in [1.807, 2.05) is 0 Å². The van der Waals surface area contributed by atoms with Gasteiger partial charge in [-0.05, 0) is 0 Å². The molecule has 0 amide bonds. The lowest BCUT2D eigenvalue weighted by molar-refractivity contribution is 0.554. The maximum Gasteiger partial charge on any atom is 0.217 e. The third-order valence-corrected chi connectivity index (χ3v) is 10.4. The van der Waals surface area contributed by atoms with Crippen LogP contribution in [0.1, 0.15) is 0 Å². The number of sulfonamides is 2. The van der Waals surface area contributed by atoms with Crippen LogP contribution in [0.5, 0.6) is 0 Å². The van der Waals surface area contributed by atoms with Crippen LogP contribution in [0.4, 0.5) is 0 Å². The van der Waals surface area contributed by atoms with Crippen LogP contribution >= 0.6 is 0 Å². The zero-order chi connectivity index (χ0) is 11.1. The number of rotatable bonds is 3. The Bertz CT molecular complexity index is 345.